The van der Waals surface area contributed by atoms with E-state index in [9.17, 15) is 9.59 Å². The summed E-state index contributed by atoms with van der Waals surface area (Å²) in [5, 5.41) is 2.87. The van der Waals surface area contributed by atoms with Crippen LogP contribution in [0.15, 0.2) is 48.5 Å². The van der Waals surface area contributed by atoms with Crippen molar-refractivity contribution in [3.63, 3.8) is 0 Å². The summed E-state index contributed by atoms with van der Waals surface area (Å²) in [6.45, 7) is 0.779. The number of hydrogen-bond acceptors (Lipinski definition) is 4. The number of methoxy groups -OCH3 is 2. The average molecular weight is 355 g/mol. The van der Waals surface area contributed by atoms with E-state index in [0.29, 0.717) is 24.4 Å². The van der Waals surface area contributed by atoms with Crippen LogP contribution in [0.3, 0.4) is 0 Å². The number of carbonyl (C=O) groups is 2. The highest BCUT2D eigenvalue weighted by molar-refractivity contribution is 5.93. The van der Waals surface area contributed by atoms with Crippen LogP contribution in [0.2, 0.25) is 0 Å². The Morgan fingerprint density at radius 1 is 1.08 bits per heavy atom. The van der Waals surface area contributed by atoms with Crippen LogP contribution >= 0.6 is 0 Å². The van der Waals surface area contributed by atoms with Gasteiger partial charge in [-0.1, -0.05) is 36.4 Å². The molecule has 136 valence electrons. The fraction of sp³-hybridized carbons (Fsp3) is 0.300. The molecule has 6 heteroatoms. The van der Waals surface area contributed by atoms with Gasteiger partial charge in [0.05, 0.1) is 19.9 Å². The second kappa shape index (κ2) is 8.01. The Morgan fingerprint density at radius 3 is 2.50 bits per heavy atom. The minimum Gasteiger partial charge on any atom is -0.495 e. The molecule has 1 amide bonds. The fourth-order valence-corrected chi connectivity index (χ4v) is 3.39. The minimum absolute atomic E-state index is 0.169. The lowest BCUT2D eigenvalue weighted by molar-refractivity contribution is -0.924. The molecule has 2 N–H and O–H groups in total. The molecular weight excluding hydrogens is 332 g/mol. The lowest BCUT2D eigenvalue weighted by Crippen LogP contribution is -3.17. The number of quaternary nitrogens is 1. The number of amides is 1. The maximum Gasteiger partial charge on any atom is 0.365 e. The van der Waals surface area contributed by atoms with E-state index in [1.165, 1.54) is 7.11 Å². The van der Waals surface area contributed by atoms with Crippen LogP contribution in [0.1, 0.15) is 11.1 Å². The van der Waals surface area contributed by atoms with E-state index in [1.54, 1.807) is 19.2 Å². The zero-order chi connectivity index (χ0) is 18.5. The Balaban J connectivity index is 1.75. The lowest BCUT2D eigenvalue weighted by Gasteiger charge is -2.31. The van der Waals surface area contributed by atoms with Gasteiger partial charge in [-0.05, 0) is 17.7 Å². The molecule has 6 nitrogen and oxygen atoms in total. The molecule has 0 fully saturated rings. The van der Waals surface area contributed by atoms with Crippen molar-refractivity contribution in [2.75, 3.05) is 26.1 Å². The highest BCUT2D eigenvalue weighted by atomic mass is 16.5. The molecule has 0 saturated heterocycles. The Labute approximate surface area is 152 Å². The normalized spacial score (nSPS) is 18.5. The van der Waals surface area contributed by atoms with Gasteiger partial charge in [-0.15, -0.1) is 0 Å². The molecule has 0 aromatic heterocycles. The second-order valence-electron chi connectivity index (χ2n) is 6.31. The van der Waals surface area contributed by atoms with Crippen molar-refractivity contribution in [2.24, 2.45) is 0 Å². The number of fused-ring (bicyclic) bond motifs is 1. The van der Waals surface area contributed by atoms with Crippen LogP contribution in [-0.4, -0.2) is 38.7 Å². The third kappa shape index (κ3) is 3.86. The fourth-order valence-electron chi connectivity index (χ4n) is 3.39. The van der Waals surface area contributed by atoms with Crippen molar-refractivity contribution in [2.45, 2.75) is 19.0 Å². The van der Waals surface area contributed by atoms with Gasteiger partial charge < -0.3 is 19.7 Å². The van der Waals surface area contributed by atoms with Crippen molar-refractivity contribution < 1.29 is 24.0 Å². The highest BCUT2D eigenvalue weighted by Gasteiger charge is 2.37. The third-order valence-electron chi connectivity index (χ3n) is 4.71. The number of rotatable bonds is 5. The molecule has 1 aliphatic heterocycles. The maximum atomic E-state index is 12.6. The Morgan fingerprint density at radius 2 is 1.77 bits per heavy atom. The predicted molar refractivity (Wildman–Crippen MR) is 97.1 cm³/mol. The number of para-hydroxylation sites is 2. The van der Waals surface area contributed by atoms with E-state index in [1.807, 2.05) is 36.4 Å². The Bertz CT molecular complexity index is 806. The molecule has 1 heterocycles. The molecule has 0 bridgehead atoms. The highest BCUT2D eigenvalue weighted by Crippen LogP contribution is 2.22. The predicted octanol–water partition coefficient (Wildman–Crippen LogP) is 0.817. The molecule has 0 aliphatic carbocycles. The van der Waals surface area contributed by atoms with Crippen LogP contribution in [0.4, 0.5) is 5.69 Å². The van der Waals surface area contributed by atoms with Crippen molar-refractivity contribution in [1.29, 1.82) is 0 Å². The van der Waals surface area contributed by atoms with Crippen molar-refractivity contribution >= 4 is 17.6 Å². The lowest BCUT2D eigenvalue weighted by atomic mass is 9.94. The van der Waals surface area contributed by atoms with E-state index in [0.717, 1.165) is 16.0 Å². The molecule has 26 heavy (non-hydrogen) atoms. The Kier molecular flexibility index (Phi) is 5.53. The van der Waals surface area contributed by atoms with E-state index in [-0.39, 0.29) is 18.4 Å². The van der Waals surface area contributed by atoms with Gasteiger partial charge in [0.2, 0.25) is 0 Å². The molecule has 2 aromatic rings. The zero-order valence-electron chi connectivity index (χ0n) is 15.0. The summed E-state index contributed by atoms with van der Waals surface area (Å²) in [7, 11) is 2.94. The van der Waals surface area contributed by atoms with Crippen molar-refractivity contribution in [3.05, 3.63) is 59.7 Å². The van der Waals surface area contributed by atoms with Gasteiger partial charge in [0.25, 0.3) is 5.91 Å². The summed E-state index contributed by atoms with van der Waals surface area (Å²) in [5.41, 5.74) is 2.91. The Hall–Kier alpha value is -2.86. The first-order valence-corrected chi connectivity index (χ1v) is 8.54. The summed E-state index contributed by atoms with van der Waals surface area (Å²) in [4.78, 5) is 25.7. The minimum atomic E-state index is -0.390. The van der Waals surface area contributed by atoms with E-state index in [2.05, 4.69) is 5.32 Å². The number of carbonyl (C=O) groups excluding carboxylic acids is 2. The first-order chi connectivity index (χ1) is 12.6. The number of nitrogens with one attached hydrogen (secondary N) is 2. The average Bonchev–Trinajstić information content (AvgIpc) is 2.67. The number of esters is 1. The summed E-state index contributed by atoms with van der Waals surface area (Å²) in [6.07, 6.45) is 0.570. The SMILES string of the molecule is COC(=O)[C@H]1Cc2ccccc2C[NH+]1CC(=O)Nc1ccccc1OC. The number of hydrogen-bond donors (Lipinski definition) is 2. The van der Waals surface area contributed by atoms with Gasteiger partial charge in [-0.2, -0.15) is 0 Å². The van der Waals surface area contributed by atoms with Gasteiger partial charge in [0.1, 0.15) is 12.3 Å². The quantitative estimate of drug-likeness (QED) is 0.779. The molecule has 2 atom stereocenters. The van der Waals surface area contributed by atoms with Gasteiger partial charge in [-0.3, -0.25) is 4.79 Å². The van der Waals surface area contributed by atoms with Gasteiger partial charge in [0, 0.05) is 12.0 Å². The summed E-state index contributed by atoms with van der Waals surface area (Å²) in [6, 6.07) is 14.9. The first kappa shape index (κ1) is 17.9. The maximum absolute atomic E-state index is 12.6. The van der Waals surface area contributed by atoms with Gasteiger partial charge in [0.15, 0.2) is 12.6 Å². The molecule has 2 aromatic carbocycles. The summed E-state index contributed by atoms with van der Waals surface area (Å²) < 4.78 is 10.2. The zero-order valence-corrected chi connectivity index (χ0v) is 15.0. The standard InChI is InChI=1S/C20H22N2O4/c1-25-18-10-6-5-9-16(18)21-19(23)13-22-12-15-8-4-3-7-14(15)11-17(22)20(24)26-2/h3-10,17H,11-13H2,1-2H3,(H,21,23)/p+1/t17-/m1/s1. The van der Waals surface area contributed by atoms with Gasteiger partial charge in [-0.25, -0.2) is 4.79 Å². The third-order valence-corrected chi connectivity index (χ3v) is 4.71. The van der Waals surface area contributed by atoms with Crippen molar-refractivity contribution in [3.8, 4) is 5.75 Å². The van der Waals surface area contributed by atoms with Gasteiger partial charge >= 0.3 is 5.97 Å². The largest absolute Gasteiger partial charge is 0.495 e. The second-order valence-corrected chi connectivity index (χ2v) is 6.31. The van der Waals surface area contributed by atoms with Crippen LogP contribution in [0.5, 0.6) is 5.75 Å². The molecule has 1 aliphatic rings. The molecule has 0 spiro atoms. The topological polar surface area (TPSA) is 69.1 Å². The smallest absolute Gasteiger partial charge is 0.365 e. The summed E-state index contributed by atoms with van der Waals surface area (Å²) in [5.74, 6) is 0.140. The van der Waals surface area contributed by atoms with Crippen LogP contribution in [0, 0.1) is 0 Å². The molecule has 0 saturated carbocycles. The van der Waals surface area contributed by atoms with Crippen LogP contribution < -0.4 is 15.0 Å². The first-order valence-electron chi connectivity index (χ1n) is 8.54. The van der Waals surface area contributed by atoms with Crippen LogP contribution in [-0.2, 0) is 27.3 Å². The van der Waals surface area contributed by atoms with E-state index < -0.39 is 6.04 Å². The van der Waals surface area contributed by atoms with Crippen LogP contribution in [0.25, 0.3) is 0 Å². The van der Waals surface area contributed by atoms with Crippen molar-refractivity contribution in [1.82, 2.24) is 0 Å². The number of anilines is 1. The summed E-state index contributed by atoms with van der Waals surface area (Å²) >= 11 is 0. The number of ether oxygens (including phenoxy) is 2. The molecular formula is C20H23N2O4+. The number of benzene rings is 2. The van der Waals surface area contributed by atoms with E-state index >= 15 is 0 Å². The molecule has 0 radical (unpaired) electrons. The molecule has 3 rings (SSSR count). The molecule has 1 unspecified atom stereocenters. The monoisotopic (exact) mass is 355 g/mol. The van der Waals surface area contributed by atoms with E-state index in [4.69, 9.17) is 9.47 Å².